The molecule has 0 aromatic heterocycles. The Kier molecular flexibility index (Phi) is 2.17. The van der Waals surface area contributed by atoms with E-state index in [9.17, 15) is 0 Å². The van der Waals surface area contributed by atoms with Gasteiger partial charge in [-0.25, -0.2) is 0 Å². The van der Waals surface area contributed by atoms with Gasteiger partial charge in [-0.2, -0.15) is 0 Å². The molecule has 0 amide bonds. The molecule has 0 N–H and O–H groups in total. The maximum absolute atomic E-state index is 2.17. The topological polar surface area (TPSA) is 0 Å². The first-order valence-electron chi connectivity index (χ1n) is 3.03. The summed E-state index contributed by atoms with van der Waals surface area (Å²) in [7, 11) is 0. The molecule has 1 aromatic rings. The quantitative estimate of drug-likeness (QED) is 0.573. The molecule has 0 aliphatic heterocycles. The third-order valence-corrected chi connectivity index (χ3v) is 4.14. The molecule has 9 heavy (non-hydrogen) atoms. The SMILES string of the molecule is Cc1cccc(C)[c]1[SnH]. The summed E-state index contributed by atoms with van der Waals surface area (Å²) in [6, 6.07) is 6.46. The Labute approximate surface area is 69.4 Å². The van der Waals surface area contributed by atoms with Crippen molar-refractivity contribution in [3.05, 3.63) is 29.3 Å². The average Bonchev–Trinajstić information content (AvgIpc) is 1.83. The fourth-order valence-electron chi connectivity index (χ4n) is 0.827. The van der Waals surface area contributed by atoms with Crippen molar-refractivity contribution in [3.63, 3.8) is 0 Å². The van der Waals surface area contributed by atoms with Crippen molar-refractivity contribution in [1.82, 2.24) is 0 Å². The Balaban J connectivity index is 3.25. The van der Waals surface area contributed by atoms with Crippen molar-refractivity contribution in [2.45, 2.75) is 13.8 Å². The molecule has 0 nitrogen and oxygen atoms in total. The van der Waals surface area contributed by atoms with Gasteiger partial charge in [0, 0.05) is 0 Å². The fraction of sp³-hybridized carbons (Fsp3) is 0.250. The fourth-order valence-corrected chi connectivity index (χ4v) is 1.38. The molecule has 1 heteroatoms. The molecule has 0 aliphatic rings. The summed E-state index contributed by atoms with van der Waals surface area (Å²) < 4.78 is 1.54. The van der Waals surface area contributed by atoms with Crippen molar-refractivity contribution < 1.29 is 0 Å². The predicted octanol–water partition coefficient (Wildman–Crippen LogP) is 0.830. The zero-order chi connectivity index (χ0) is 6.85. The molecule has 0 fully saturated rings. The average molecular weight is 225 g/mol. The maximum atomic E-state index is 2.17. The minimum absolute atomic E-state index is 1.24. The van der Waals surface area contributed by atoms with Gasteiger partial charge in [0.15, 0.2) is 0 Å². The summed E-state index contributed by atoms with van der Waals surface area (Å²) in [5.74, 6) is 0. The van der Waals surface area contributed by atoms with E-state index < -0.39 is 0 Å². The molecule has 2 radical (unpaired) electrons. The van der Waals surface area contributed by atoms with Crippen LogP contribution in [0.2, 0.25) is 0 Å². The molecular formula is C8H10Sn. The van der Waals surface area contributed by atoms with Crippen LogP contribution in [0.1, 0.15) is 11.1 Å². The monoisotopic (exact) mass is 226 g/mol. The van der Waals surface area contributed by atoms with E-state index in [1.54, 1.807) is 3.58 Å². The van der Waals surface area contributed by atoms with Crippen molar-refractivity contribution in [2.24, 2.45) is 0 Å². The van der Waals surface area contributed by atoms with Crippen LogP contribution in [-0.4, -0.2) is 22.5 Å². The first-order valence-corrected chi connectivity index (χ1v) is 4.68. The number of aryl methyl sites for hydroxylation is 2. The summed E-state index contributed by atoms with van der Waals surface area (Å²) in [6.45, 7) is 4.35. The molecule has 0 unspecified atom stereocenters. The molecular weight excluding hydrogens is 215 g/mol. The van der Waals surface area contributed by atoms with E-state index in [0.29, 0.717) is 0 Å². The Morgan fingerprint density at radius 2 is 1.56 bits per heavy atom. The van der Waals surface area contributed by atoms with E-state index in [1.165, 1.54) is 33.7 Å². The molecule has 0 bridgehead atoms. The minimum atomic E-state index is 1.24. The summed E-state index contributed by atoms with van der Waals surface area (Å²) in [5.41, 5.74) is 2.88. The Hall–Kier alpha value is 0.0187. The number of rotatable bonds is 0. The van der Waals surface area contributed by atoms with E-state index in [2.05, 4.69) is 32.0 Å². The second-order valence-corrected chi connectivity index (χ2v) is 3.95. The van der Waals surface area contributed by atoms with Crippen LogP contribution in [0.3, 0.4) is 0 Å². The van der Waals surface area contributed by atoms with Crippen molar-refractivity contribution in [1.29, 1.82) is 0 Å². The Morgan fingerprint density at radius 1 is 1.11 bits per heavy atom. The van der Waals surface area contributed by atoms with E-state index in [4.69, 9.17) is 0 Å². The van der Waals surface area contributed by atoms with Gasteiger partial charge in [0.2, 0.25) is 0 Å². The second kappa shape index (κ2) is 2.73. The molecule has 0 saturated carbocycles. The summed E-state index contributed by atoms with van der Waals surface area (Å²) in [5, 5.41) is 0. The third-order valence-electron chi connectivity index (χ3n) is 1.54. The second-order valence-electron chi connectivity index (χ2n) is 2.31. The van der Waals surface area contributed by atoms with Crippen LogP contribution in [0.15, 0.2) is 18.2 Å². The van der Waals surface area contributed by atoms with Gasteiger partial charge in [0.05, 0.1) is 0 Å². The van der Waals surface area contributed by atoms with E-state index in [1.807, 2.05) is 0 Å². The van der Waals surface area contributed by atoms with Crippen LogP contribution >= 0.6 is 0 Å². The van der Waals surface area contributed by atoms with Gasteiger partial charge in [-0.05, 0) is 0 Å². The molecule has 46 valence electrons. The summed E-state index contributed by atoms with van der Waals surface area (Å²) >= 11 is 1.24. The number of hydrogen-bond acceptors (Lipinski definition) is 0. The normalized spacial score (nSPS) is 9.67. The van der Waals surface area contributed by atoms with Crippen molar-refractivity contribution in [3.8, 4) is 0 Å². The molecule has 0 heterocycles. The number of hydrogen-bond donors (Lipinski definition) is 0. The van der Waals surface area contributed by atoms with Gasteiger partial charge in [-0.3, -0.25) is 0 Å². The van der Waals surface area contributed by atoms with Crippen molar-refractivity contribution in [2.75, 3.05) is 0 Å². The van der Waals surface area contributed by atoms with Gasteiger partial charge in [-0.15, -0.1) is 0 Å². The summed E-state index contributed by atoms with van der Waals surface area (Å²) in [6.07, 6.45) is 0. The zero-order valence-electron chi connectivity index (χ0n) is 5.81. The van der Waals surface area contributed by atoms with Gasteiger partial charge in [0.25, 0.3) is 0 Å². The summed E-state index contributed by atoms with van der Waals surface area (Å²) in [4.78, 5) is 0. The Bertz CT molecular complexity index is 196. The molecule has 0 atom stereocenters. The predicted molar refractivity (Wildman–Crippen MR) is 42.7 cm³/mol. The van der Waals surface area contributed by atoms with Crippen LogP contribution in [0.4, 0.5) is 0 Å². The molecule has 0 saturated heterocycles. The van der Waals surface area contributed by atoms with E-state index >= 15 is 0 Å². The molecule has 1 aromatic carbocycles. The Morgan fingerprint density at radius 3 is 1.89 bits per heavy atom. The molecule has 1 rings (SSSR count). The van der Waals surface area contributed by atoms with Gasteiger partial charge in [-0.1, -0.05) is 0 Å². The standard InChI is InChI=1S/C8H9.Sn.H/c1-7-4-3-5-8(2)6-7;;/h3-5H,1-2H3;;. The number of benzene rings is 1. The van der Waals surface area contributed by atoms with Crippen LogP contribution in [0.5, 0.6) is 0 Å². The zero-order valence-corrected chi connectivity index (χ0v) is 9.11. The third kappa shape index (κ3) is 1.48. The first kappa shape index (κ1) is 7.13. The van der Waals surface area contributed by atoms with Crippen LogP contribution in [-0.2, 0) is 0 Å². The van der Waals surface area contributed by atoms with Gasteiger partial charge in [0.1, 0.15) is 0 Å². The van der Waals surface area contributed by atoms with Gasteiger partial charge >= 0.3 is 69.3 Å². The molecule has 0 aliphatic carbocycles. The van der Waals surface area contributed by atoms with E-state index in [0.717, 1.165) is 0 Å². The van der Waals surface area contributed by atoms with Crippen LogP contribution in [0, 0.1) is 13.8 Å². The van der Waals surface area contributed by atoms with Crippen LogP contribution < -0.4 is 3.58 Å². The van der Waals surface area contributed by atoms with E-state index in [-0.39, 0.29) is 0 Å². The van der Waals surface area contributed by atoms with Crippen molar-refractivity contribution >= 4 is 26.1 Å². The first-order chi connectivity index (χ1) is 4.22. The molecule has 0 spiro atoms. The van der Waals surface area contributed by atoms with Gasteiger partial charge < -0.3 is 0 Å². The van der Waals surface area contributed by atoms with Crippen LogP contribution in [0.25, 0.3) is 0 Å².